The lowest BCUT2D eigenvalue weighted by Gasteiger charge is -2.01. The van der Waals surface area contributed by atoms with Gasteiger partial charge in [0.1, 0.15) is 9.71 Å². The van der Waals surface area contributed by atoms with Crippen LogP contribution in [0, 0.1) is 0 Å². The second-order valence-electron chi connectivity index (χ2n) is 3.14. The molecule has 1 amide bonds. The maximum absolute atomic E-state index is 11.7. The normalized spacial score (nSPS) is 10.6. The average Bonchev–Trinajstić information content (AvgIpc) is 2.64. The monoisotopic (exact) mass is 237 g/mol. The van der Waals surface area contributed by atoms with E-state index in [1.54, 1.807) is 12.3 Å². The van der Waals surface area contributed by atoms with Gasteiger partial charge in [-0.25, -0.2) is 0 Å². The molecule has 0 fully saturated rings. The van der Waals surface area contributed by atoms with E-state index in [1.165, 1.54) is 11.3 Å². The van der Waals surface area contributed by atoms with Gasteiger partial charge in [0.15, 0.2) is 0 Å². The van der Waals surface area contributed by atoms with Crippen molar-refractivity contribution < 1.29 is 4.79 Å². The van der Waals surface area contributed by atoms with E-state index in [0.29, 0.717) is 28.5 Å². The molecule has 0 atom stereocenters. The number of thiophene rings is 1. The molecule has 6 nitrogen and oxygen atoms in total. The van der Waals surface area contributed by atoms with Crippen LogP contribution >= 0.6 is 11.3 Å². The number of rotatable bonds is 3. The minimum Gasteiger partial charge on any atom is -0.397 e. The number of aromatic nitrogens is 2. The summed E-state index contributed by atoms with van der Waals surface area (Å²) in [5.41, 5.74) is 11.6. The summed E-state index contributed by atoms with van der Waals surface area (Å²) in [6, 6.07) is 1.74. The van der Waals surface area contributed by atoms with E-state index >= 15 is 0 Å². The van der Waals surface area contributed by atoms with Crippen molar-refractivity contribution in [2.45, 2.75) is 0 Å². The number of fused-ring (bicyclic) bond motifs is 1. The average molecular weight is 237 g/mol. The molecule has 0 saturated heterocycles. The summed E-state index contributed by atoms with van der Waals surface area (Å²) in [6.45, 7) is 0.828. The second-order valence-corrected chi connectivity index (χ2v) is 4.14. The van der Waals surface area contributed by atoms with E-state index in [2.05, 4.69) is 15.5 Å². The third-order valence-electron chi connectivity index (χ3n) is 2.06. The molecule has 0 unspecified atom stereocenters. The highest BCUT2D eigenvalue weighted by Crippen LogP contribution is 2.31. The first kappa shape index (κ1) is 10.8. The van der Waals surface area contributed by atoms with Crippen LogP contribution in [0.2, 0.25) is 0 Å². The number of nitrogens with one attached hydrogen (secondary N) is 1. The van der Waals surface area contributed by atoms with Gasteiger partial charge in [0.05, 0.1) is 11.9 Å². The molecule has 0 aromatic carbocycles. The Morgan fingerprint density at radius 2 is 2.38 bits per heavy atom. The molecule has 0 spiro atoms. The number of hydrogen-bond acceptors (Lipinski definition) is 6. The van der Waals surface area contributed by atoms with Gasteiger partial charge in [-0.05, 0) is 6.07 Å². The van der Waals surface area contributed by atoms with Gasteiger partial charge >= 0.3 is 0 Å². The lowest BCUT2D eigenvalue weighted by Crippen LogP contribution is -2.28. The number of hydrogen-bond donors (Lipinski definition) is 3. The molecule has 0 aliphatic rings. The van der Waals surface area contributed by atoms with Gasteiger partial charge in [0, 0.05) is 18.5 Å². The Hall–Kier alpha value is -1.73. The highest BCUT2D eigenvalue weighted by Gasteiger charge is 2.16. The van der Waals surface area contributed by atoms with E-state index in [0.717, 1.165) is 5.39 Å². The molecular formula is C9H11N5OS. The molecular weight excluding hydrogens is 226 g/mol. The summed E-state index contributed by atoms with van der Waals surface area (Å²) in [6.07, 6.45) is 1.55. The molecule has 5 N–H and O–H groups in total. The first-order chi connectivity index (χ1) is 7.74. The molecule has 2 aromatic heterocycles. The van der Waals surface area contributed by atoms with Crippen LogP contribution in [0.15, 0.2) is 12.3 Å². The molecule has 16 heavy (non-hydrogen) atoms. The lowest BCUT2D eigenvalue weighted by atomic mass is 10.3. The second kappa shape index (κ2) is 4.42. The molecule has 84 valence electrons. The van der Waals surface area contributed by atoms with E-state index in [4.69, 9.17) is 11.5 Å². The minimum atomic E-state index is -0.217. The summed E-state index contributed by atoms with van der Waals surface area (Å²) in [5, 5.41) is 11.1. The summed E-state index contributed by atoms with van der Waals surface area (Å²) in [5.74, 6) is -0.217. The summed E-state index contributed by atoms with van der Waals surface area (Å²) in [4.78, 5) is 12.8. The SMILES string of the molecule is NCCNC(=O)c1sc2nnccc2c1N. The van der Waals surface area contributed by atoms with Gasteiger partial charge in [0.25, 0.3) is 5.91 Å². The maximum Gasteiger partial charge on any atom is 0.263 e. The number of amides is 1. The van der Waals surface area contributed by atoms with Gasteiger partial charge in [-0.3, -0.25) is 4.79 Å². The highest BCUT2D eigenvalue weighted by molar-refractivity contribution is 7.21. The Balaban J connectivity index is 2.37. The van der Waals surface area contributed by atoms with Crippen molar-refractivity contribution in [3.63, 3.8) is 0 Å². The highest BCUT2D eigenvalue weighted by atomic mass is 32.1. The van der Waals surface area contributed by atoms with Crippen LogP contribution in [0.3, 0.4) is 0 Å². The van der Waals surface area contributed by atoms with Crippen molar-refractivity contribution in [1.29, 1.82) is 0 Å². The van der Waals surface area contributed by atoms with Crippen LogP contribution in [0.4, 0.5) is 5.69 Å². The summed E-state index contributed by atoms with van der Waals surface area (Å²) >= 11 is 1.23. The Labute approximate surface area is 95.6 Å². The molecule has 0 aliphatic carbocycles. The molecule has 0 saturated carbocycles. The molecule has 0 bridgehead atoms. The van der Waals surface area contributed by atoms with Gasteiger partial charge < -0.3 is 16.8 Å². The predicted molar refractivity (Wildman–Crippen MR) is 63.2 cm³/mol. The van der Waals surface area contributed by atoms with Crippen LogP contribution in [-0.4, -0.2) is 29.2 Å². The number of carbonyl (C=O) groups is 1. The fourth-order valence-corrected chi connectivity index (χ4v) is 2.26. The van der Waals surface area contributed by atoms with Crippen LogP contribution in [0.5, 0.6) is 0 Å². The van der Waals surface area contributed by atoms with Crippen molar-refractivity contribution in [1.82, 2.24) is 15.5 Å². The van der Waals surface area contributed by atoms with E-state index < -0.39 is 0 Å². The first-order valence-corrected chi connectivity index (χ1v) is 5.53. The topological polar surface area (TPSA) is 107 Å². The number of nitrogens with zero attached hydrogens (tertiary/aromatic N) is 2. The van der Waals surface area contributed by atoms with E-state index in [1.807, 2.05) is 0 Å². The fourth-order valence-electron chi connectivity index (χ4n) is 1.31. The van der Waals surface area contributed by atoms with Crippen molar-refractivity contribution >= 4 is 33.1 Å². The van der Waals surface area contributed by atoms with Crippen molar-refractivity contribution in [3.05, 3.63) is 17.1 Å². The number of nitrogen functional groups attached to an aromatic ring is 1. The van der Waals surface area contributed by atoms with Gasteiger partial charge in [-0.15, -0.1) is 16.4 Å². The molecule has 0 aliphatic heterocycles. The number of anilines is 1. The van der Waals surface area contributed by atoms with Crippen LogP contribution < -0.4 is 16.8 Å². The predicted octanol–water partition coefficient (Wildman–Crippen LogP) is -0.0380. The van der Waals surface area contributed by atoms with Crippen molar-refractivity contribution in [2.24, 2.45) is 5.73 Å². The summed E-state index contributed by atoms with van der Waals surface area (Å²) < 4.78 is 0. The zero-order valence-corrected chi connectivity index (χ0v) is 9.25. The van der Waals surface area contributed by atoms with E-state index in [9.17, 15) is 4.79 Å². The third-order valence-corrected chi connectivity index (χ3v) is 3.16. The lowest BCUT2D eigenvalue weighted by molar-refractivity contribution is 0.0959. The number of carbonyl (C=O) groups excluding carboxylic acids is 1. The van der Waals surface area contributed by atoms with Crippen LogP contribution in [-0.2, 0) is 0 Å². The third kappa shape index (κ3) is 1.82. The zero-order valence-electron chi connectivity index (χ0n) is 8.43. The van der Waals surface area contributed by atoms with Crippen LogP contribution in [0.25, 0.3) is 10.2 Å². The molecule has 2 rings (SSSR count). The molecule has 7 heteroatoms. The molecule has 2 aromatic rings. The smallest absolute Gasteiger partial charge is 0.263 e. The van der Waals surface area contributed by atoms with Crippen molar-refractivity contribution in [2.75, 3.05) is 18.8 Å². The first-order valence-electron chi connectivity index (χ1n) is 4.72. The Kier molecular flexibility index (Phi) is 2.97. The Morgan fingerprint density at radius 1 is 1.56 bits per heavy atom. The molecule has 2 heterocycles. The molecule has 0 radical (unpaired) electrons. The maximum atomic E-state index is 11.7. The summed E-state index contributed by atoms with van der Waals surface area (Å²) in [7, 11) is 0. The quantitative estimate of drug-likeness (QED) is 0.694. The Morgan fingerprint density at radius 3 is 3.06 bits per heavy atom. The van der Waals surface area contributed by atoms with Gasteiger partial charge in [0.2, 0.25) is 0 Å². The fraction of sp³-hybridized carbons (Fsp3) is 0.222. The van der Waals surface area contributed by atoms with E-state index in [-0.39, 0.29) is 5.91 Å². The van der Waals surface area contributed by atoms with Gasteiger partial charge in [-0.1, -0.05) is 0 Å². The standard InChI is InChI=1S/C9H11N5OS/c10-2-4-12-8(15)7-6(11)5-1-3-13-14-9(5)16-7/h1,3H,2,4,10-11H2,(H,12,15). The van der Waals surface area contributed by atoms with Crippen LogP contribution in [0.1, 0.15) is 9.67 Å². The van der Waals surface area contributed by atoms with Crippen molar-refractivity contribution in [3.8, 4) is 0 Å². The number of nitrogens with two attached hydrogens (primary N) is 2. The Bertz CT molecular complexity index is 524. The largest absolute Gasteiger partial charge is 0.397 e. The minimum absolute atomic E-state index is 0.217. The zero-order chi connectivity index (χ0) is 11.5. The van der Waals surface area contributed by atoms with Gasteiger partial charge in [-0.2, -0.15) is 5.10 Å².